The molecule has 0 atom stereocenters. The molecular weight excluding hydrogens is 350 g/mol. The first kappa shape index (κ1) is 18.7. The topological polar surface area (TPSA) is 78.0 Å². The number of rotatable bonds is 4. The first-order valence-corrected chi connectivity index (χ1v) is 9.97. The fraction of sp³-hybridized carbons (Fsp3) is 0.391. The van der Waals surface area contributed by atoms with E-state index in [1.807, 2.05) is 56.4 Å². The Morgan fingerprint density at radius 3 is 2.50 bits per heavy atom. The normalized spacial score (nSPS) is 20.2. The summed E-state index contributed by atoms with van der Waals surface area (Å²) in [6, 6.07) is 11.8. The molecule has 2 heterocycles. The molecule has 4 rings (SSSR count). The van der Waals surface area contributed by atoms with Crippen molar-refractivity contribution in [3.8, 4) is 11.3 Å². The maximum atomic E-state index is 12.6. The van der Waals surface area contributed by atoms with E-state index in [0.717, 1.165) is 47.8 Å². The number of hydrogen-bond donors (Lipinski definition) is 3. The number of aromatic nitrogens is 2. The molecule has 1 aromatic carbocycles. The zero-order valence-corrected chi connectivity index (χ0v) is 16.4. The quantitative estimate of drug-likeness (QED) is 0.635. The second kappa shape index (κ2) is 7.40. The lowest BCUT2D eigenvalue weighted by Gasteiger charge is -2.36. The molecule has 1 aliphatic carbocycles. The van der Waals surface area contributed by atoms with Gasteiger partial charge in [0, 0.05) is 40.5 Å². The van der Waals surface area contributed by atoms with Crippen LogP contribution in [0.4, 0.5) is 0 Å². The minimum atomic E-state index is -0.638. The Hall–Kier alpha value is -2.66. The zero-order chi connectivity index (χ0) is 19.7. The molecule has 0 radical (unpaired) electrons. The summed E-state index contributed by atoms with van der Waals surface area (Å²) in [7, 11) is 0. The average molecular weight is 377 g/mol. The van der Waals surface area contributed by atoms with Gasteiger partial charge in [-0.2, -0.15) is 0 Å². The van der Waals surface area contributed by atoms with E-state index in [0.29, 0.717) is 11.5 Å². The number of H-pyrrole nitrogens is 1. The van der Waals surface area contributed by atoms with E-state index < -0.39 is 5.60 Å². The molecule has 1 amide bonds. The van der Waals surface area contributed by atoms with Crippen molar-refractivity contribution in [2.24, 2.45) is 5.92 Å². The molecular formula is C23H27N3O2. The summed E-state index contributed by atoms with van der Waals surface area (Å²) in [5.74, 6) is 0.273. The van der Waals surface area contributed by atoms with E-state index in [-0.39, 0.29) is 11.9 Å². The third-order valence-electron chi connectivity index (χ3n) is 5.96. The van der Waals surface area contributed by atoms with Crippen molar-refractivity contribution < 1.29 is 9.90 Å². The standard InChI is InChI=1S/C23H27N3O2/c1-23(2,28)17-7-9-18(10-8-17)26-22(27)16-5-3-15(4-6-16)21-19-11-13-24-20(19)12-14-25-21/h3-6,11-14,17-18,24,28H,7-10H2,1-2H3,(H,26,27). The van der Waals surface area contributed by atoms with E-state index in [9.17, 15) is 9.90 Å². The number of aromatic amines is 1. The second-order valence-electron chi connectivity index (χ2n) is 8.35. The summed E-state index contributed by atoms with van der Waals surface area (Å²) >= 11 is 0. The molecule has 0 bridgehead atoms. The smallest absolute Gasteiger partial charge is 0.251 e. The molecule has 3 aromatic rings. The molecule has 2 aromatic heterocycles. The molecule has 5 heteroatoms. The summed E-state index contributed by atoms with van der Waals surface area (Å²) in [5, 5.41) is 14.4. The van der Waals surface area contributed by atoms with E-state index in [4.69, 9.17) is 0 Å². The minimum Gasteiger partial charge on any atom is -0.390 e. The fourth-order valence-corrected chi connectivity index (χ4v) is 4.21. The van der Waals surface area contributed by atoms with Crippen LogP contribution in [-0.2, 0) is 0 Å². The van der Waals surface area contributed by atoms with Crippen molar-refractivity contribution in [3.05, 3.63) is 54.4 Å². The maximum Gasteiger partial charge on any atom is 0.251 e. The average Bonchev–Trinajstić information content (AvgIpc) is 3.17. The maximum absolute atomic E-state index is 12.6. The van der Waals surface area contributed by atoms with Gasteiger partial charge in [0.15, 0.2) is 0 Å². The number of aliphatic hydroxyl groups is 1. The Morgan fingerprint density at radius 1 is 1.11 bits per heavy atom. The van der Waals surface area contributed by atoms with Crippen LogP contribution in [0, 0.1) is 5.92 Å². The van der Waals surface area contributed by atoms with Gasteiger partial charge in [-0.05, 0) is 69.7 Å². The van der Waals surface area contributed by atoms with Crippen molar-refractivity contribution in [1.29, 1.82) is 0 Å². The van der Waals surface area contributed by atoms with Crippen molar-refractivity contribution in [2.45, 2.75) is 51.2 Å². The van der Waals surface area contributed by atoms with Gasteiger partial charge in [0.25, 0.3) is 5.91 Å². The van der Waals surface area contributed by atoms with Gasteiger partial charge in [0.2, 0.25) is 0 Å². The first-order valence-electron chi connectivity index (χ1n) is 9.97. The van der Waals surface area contributed by atoms with E-state index >= 15 is 0 Å². The lowest BCUT2D eigenvalue weighted by molar-refractivity contribution is -0.00257. The van der Waals surface area contributed by atoms with Crippen LogP contribution in [0.2, 0.25) is 0 Å². The first-order chi connectivity index (χ1) is 13.4. The van der Waals surface area contributed by atoms with Crippen LogP contribution in [-0.4, -0.2) is 32.6 Å². The highest BCUT2D eigenvalue weighted by Crippen LogP contribution is 2.32. The summed E-state index contributed by atoms with van der Waals surface area (Å²) in [6.45, 7) is 3.75. The van der Waals surface area contributed by atoms with Gasteiger partial charge < -0.3 is 15.4 Å². The van der Waals surface area contributed by atoms with Crippen molar-refractivity contribution in [1.82, 2.24) is 15.3 Å². The summed E-state index contributed by atoms with van der Waals surface area (Å²) in [4.78, 5) is 20.3. The van der Waals surface area contributed by atoms with E-state index in [2.05, 4.69) is 15.3 Å². The number of benzene rings is 1. The zero-order valence-electron chi connectivity index (χ0n) is 16.4. The summed E-state index contributed by atoms with van der Waals surface area (Å²) in [6.07, 6.45) is 7.41. The Balaban J connectivity index is 1.42. The molecule has 0 saturated heterocycles. The van der Waals surface area contributed by atoms with Crippen LogP contribution in [0.25, 0.3) is 22.2 Å². The number of carbonyl (C=O) groups is 1. The Kier molecular flexibility index (Phi) is 4.94. The number of carbonyl (C=O) groups excluding carboxylic acids is 1. The van der Waals surface area contributed by atoms with Gasteiger partial charge in [0.1, 0.15) is 0 Å². The number of hydrogen-bond acceptors (Lipinski definition) is 3. The minimum absolute atomic E-state index is 0.0360. The molecule has 28 heavy (non-hydrogen) atoms. The molecule has 0 unspecified atom stereocenters. The second-order valence-corrected chi connectivity index (χ2v) is 8.35. The SMILES string of the molecule is CC(C)(O)C1CCC(NC(=O)c2ccc(-c3nccc4[nH]ccc34)cc2)CC1. The molecule has 3 N–H and O–H groups in total. The largest absolute Gasteiger partial charge is 0.390 e. The van der Waals surface area contributed by atoms with Gasteiger partial charge in [-0.25, -0.2) is 0 Å². The van der Waals surface area contributed by atoms with Crippen LogP contribution in [0.15, 0.2) is 48.8 Å². The van der Waals surface area contributed by atoms with Gasteiger partial charge in [-0.1, -0.05) is 12.1 Å². The number of fused-ring (bicyclic) bond motifs is 1. The highest BCUT2D eigenvalue weighted by atomic mass is 16.3. The summed E-state index contributed by atoms with van der Waals surface area (Å²) in [5.41, 5.74) is 2.98. The van der Waals surface area contributed by atoms with Gasteiger partial charge >= 0.3 is 0 Å². The lowest BCUT2D eigenvalue weighted by atomic mass is 9.77. The number of nitrogens with one attached hydrogen (secondary N) is 2. The number of nitrogens with zero attached hydrogens (tertiary/aromatic N) is 1. The molecule has 0 aliphatic heterocycles. The Labute approximate surface area is 165 Å². The molecule has 1 saturated carbocycles. The van der Waals surface area contributed by atoms with Crippen LogP contribution in [0.3, 0.4) is 0 Å². The third-order valence-corrected chi connectivity index (χ3v) is 5.96. The van der Waals surface area contributed by atoms with E-state index in [1.165, 1.54) is 0 Å². The monoisotopic (exact) mass is 377 g/mol. The van der Waals surface area contributed by atoms with Crippen LogP contribution < -0.4 is 5.32 Å². The van der Waals surface area contributed by atoms with Gasteiger partial charge in [-0.15, -0.1) is 0 Å². The number of pyridine rings is 1. The van der Waals surface area contributed by atoms with Crippen molar-refractivity contribution >= 4 is 16.8 Å². The molecule has 1 aliphatic rings. The van der Waals surface area contributed by atoms with Crippen LogP contribution >= 0.6 is 0 Å². The van der Waals surface area contributed by atoms with Crippen LogP contribution in [0.5, 0.6) is 0 Å². The highest BCUT2D eigenvalue weighted by Gasteiger charge is 2.31. The van der Waals surface area contributed by atoms with Crippen LogP contribution in [0.1, 0.15) is 49.9 Å². The third kappa shape index (κ3) is 3.80. The van der Waals surface area contributed by atoms with Crippen molar-refractivity contribution in [3.63, 3.8) is 0 Å². The van der Waals surface area contributed by atoms with Gasteiger partial charge in [-0.3, -0.25) is 9.78 Å². The molecule has 1 fully saturated rings. The predicted octanol–water partition coefficient (Wildman–Crippen LogP) is 4.29. The Morgan fingerprint density at radius 2 is 1.82 bits per heavy atom. The summed E-state index contributed by atoms with van der Waals surface area (Å²) < 4.78 is 0. The van der Waals surface area contributed by atoms with E-state index in [1.54, 1.807) is 6.20 Å². The molecule has 0 spiro atoms. The van der Waals surface area contributed by atoms with Gasteiger partial charge in [0.05, 0.1) is 11.3 Å². The predicted molar refractivity (Wildman–Crippen MR) is 111 cm³/mol. The Bertz CT molecular complexity index is 961. The molecule has 146 valence electrons. The molecule has 5 nitrogen and oxygen atoms in total. The lowest BCUT2D eigenvalue weighted by Crippen LogP contribution is -2.41. The fourth-order valence-electron chi connectivity index (χ4n) is 4.21. The number of amides is 1. The highest BCUT2D eigenvalue weighted by molar-refractivity contribution is 5.96. The van der Waals surface area contributed by atoms with Crippen molar-refractivity contribution in [2.75, 3.05) is 0 Å².